The molecule has 2 N–H and O–H groups in total. The average Bonchev–Trinajstić information content (AvgIpc) is 2.68. The van der Waals surface area contributed by atoms with E-state index in [1.165, 1.54) is 0 Å². The van der Waals surface area contributed by atoms with E-state index in [9.17, 15) is 9.90 Å². The Bertz CT molecular complexity index is 858. The van der Waals surface area contributed by atoms with Gasteiger partial charge in [0.2, 0.25) is 0 Å². The molecule has 0 saturated carbocycles. The maximum absolute atomic E-state index is 12.4. The van der Waals surface area contributed by atoms with Gasteiger partial charge < -0.3 is 15.2 Å². The zero-order valence-corrected chi connectivity index (χ0v) is 14.6. The Kier molecular flexibility index (Phi) is 5.66. The summed E-state index contributed by atoms with van der Waals surface area (Å²) in [5.41, 5.74) is 3.04. The smallest absolute Gasteiger partial charge is 0.255 e. The van der Waals surface area contributed by atoms with Gasteiger partial charge >= 0.3 is 0 Å². The molecule has 0 spiro atoms. The van der Waals surface area contributed by atoms with E-state index in [4.69, 9.17) is 4.74 Å². The third kappa shape index (κ3) is 4.71. The van der Waals surface area contributed by atoms with E-state index in [-0.39, 0.29) is 5.91 Å². The highest BCUT2D eigenvalue weighted by Crippen LogP contribution is 2.19. The zero-order chi connectivity index (χ0) is 18.4. The second kappa shape index (κ2) is 8.32. The number of hydrogen-bond donors (Lipinski definition) is 2. The first-order valence-electron chi connectivity index (χ1n) is 8.48. The van der Waals surface area contributed by atoms with Crippen LogP contribution >= 0.6 is 0 Å². The predicted molar refractivity (Wildman–Crippen MR) is 102 cm³/mol. The predicted octanol–water partition coefficient (Wildman–Crippen LogP) is 4.57. The van der Waals surface area contributed by atoms with E-state index >= 15 is 0 Å². The fraction of sp³-hybridized carbons (Fsp3) is 0.136. The van der Waals surface area contributed by atoms with Crippen molar-refractivity contribution in [3.05, 3.63) is 95.6 Å². The van der Waals surface area contributed by atoms with Gasteiger partial charge in [-0.1, -0.05) is 42.5 Å². The molecule has 0 aliphatic rings. The van der Waals surface area contributed by atoms with E-state index in [0.717, 1.165) is 11.1 Å². The Labute approximate surface area is 153 Å². The van der Waals surface area contributed by atoms with Crippen molar-refractivity contribution in [2.24, 2.45) is 0 Å². The molecule has 0 saturated heterocycles. The van der Waals surface area contributed by atoms with Crippen molar-refractivity contribution >= 4 is 11.6 Å². The number of nitrogens with one attached hydrogen (secondary N) is 1. The molecule has 132 valence electrons. The second-order valence-electron chi connectivity index (χ2n) is 6.05. The van der Waals surface area contributed by atoms with Crippen LogP contribution in [0.15, 0.2) is 78.9 Å². The molecule has 4 nitrogen and oxygen atoms in total. The summed E-state index contributed by atoms with van der Waals surface area (Å²) in [6.45, 7) is 2.17. The first-order valence-corrected chi connectivity index (χ1v) is 8.48. The number of rotatable bonds is 6. The van der Waals surface area contributed by atoms with Crippen molar-refractivity contribution in [3.63, 3.8) is 0 Å². The Morgan fingerprint density at radius 3 is 2.42 bits per heavy atom. The standard InChI is InChI=1S/C22H21NO3/c1-16(24)19-8-5-9-20(14-19)23-22(25)18-10-12-21(13-11-18)26-15-17-6-3-2-4-7-17/h2-14,16,24H,15H2,1H3,(H,23,25). The number of aliphatic hydroxyl groups excluding tert-OH is 1. The molecule has 0 aliphatic carbocycles. The molecule has 0 radical (unpaired) electrons. The number of benzene rings is 3. The third-order valence-electron chi connectivity index (χ3n) is 3.99. The molecule has 0 aromatic heterocycles. The minimum atomic E-state index is -0.576. The van der Waals surface area contributed by atoms with Crippen LogP contribution in [0.4, 0.5) is 5.69 Å². The fourth-order valence-electron chi connectivity index (χ4n) is 2.52. The van der Waals surface area contributed by atoms with Crippen molar-refractivity contribution in [1.29, 1.82) is 0 Å². The van der Waals surface area contributed by atoms with Gasteiger partial charge in [-0.2, -0.15) is 0 Å². The highest BCUT2D eigenvalue weighted by molar-refractivity contribution is 6.04. The fourth-order valence-corrected chi connectivity index (χ4v) is 2.52. The quantitative estimate of drug-likeness (QED) is 0.687. The van der Waals surface area contributed by atoms with Gasteiger partial charge in [-0.15, -0.1) is 0 Å². The summed E-state index contributed by atoms with van der Waals surface area (Å²) in [5.74, 6) is 0.504. The van der Waals surface area contributed by atoms with E-state index in [0.29, 0.717) is 23.6 Å². The molecule has 0 fully saturated rings. The van der Waals surface area contributed by atoms with Crippen molar-refractivity contribution in [2.75, 3.05) is 5.32 Å². The summed E-state index contributed by atoms with van der Waals surface area (Å²) in [6.07, 6.45) is -0.576. The molecule has 1 amide bonds. The van der Waals surface area contributed by atoms with Crippen LogP contribution in [-0.2, 0) is 6.61 Å². The molecule has 3 rings (SSSR count). The molecular weight excluding hydrogens is 326 g/mol. The minimum absolute atomic E-state index is 0.206. The van der Waals surface area contributed by atoms with Crippen LogP contribution in [0.2, 0.25) is 0 Å². The van der Waals surface area contributed by atoms with Gasteiger partial charge in [-0.05, 0) is 54.4 Å². The molecule has 4 heteroatoms. The minimum Gasteiger partial charge on any atom is -0.489 e. The zero-order valence-electron chi connectivity index (χ0n) is 14.6. The first-order chi connectivity index (χ1) is 12.6. The summed E-state index contributed by atoms with van der Waals surface area (Å²) in [6, 6.07) is 24.1. The number of ether oxygens (including phenoxy) is 1. The lowest BCUT2D eigenvalue weighted by Gasteiger charge is -2.10. The Balaban J connectivity index is 1.61. The van der Waals surface area contributed by atoms with Crippen LogP contribution in [0.25, 0.3) is 0 Å². The lowest BCUT2D eigenvalue weighted by molar-refractivity contribution is 0.102. The summed E-state index contributed by atoms with van der Waals surface area (Å²) < 4.78 is 5.73. The van der Waals surface area contributed by atoms with Crippen LogP contribution in [0.1, 0.15) is 34.5 Å². The van der Waals surface area contributed by atoms with Crippen LogP contribution in [0.5, 0.6) is 5.75 Å². The molecule has 0 heterocycles. The number of hydrogen-bond acceptors (Lipinski definition) is 3. The van der Waals surface area contributed by atoms with E-state index < -0.39 is 6.10 Å². The lowest BCUT2D eigenvalue weighted by Crippen LogP contribution is -2.12. The number of anilines is 1. The van der Waals surface area contributed by atoms with E-state index in [1.807, 2.05) is 36.4 Å². The largest absolute Gasteiger partial charge is 0.489 e. The van der Waals surface area contributed by atoms with Gasteiger partial charge in [-0.3, -0.25) is 4.79 Å². The first kappa shape index (κ1) is 17.7. The Hall–Kier alpha value is -3.11. The third-order valence-corrected chi connectivity index (χ3v) is 3.99. The van der Waals surface area contributed by atoms with Crippen LogP contribution in [0, 0.1) is 0 Å². The summed E-state index contributed by atoms with van der Waals surface area (Å²) in [5, 5.41) is 12.5. The van der Waals surface area contributed by atoms with Crippen molar-refractivity contribution in [1.82, 2.24) is 0 Å². The number of amides is 1. The van der Waals surface area contributed by atoms with Crippen molar-refractivity contribution in [3.8, 4) is 5.75 Å². The molecule has 3 aromatic carbocycles. The van der Waals surface area contributed by atoms with Gasteiger partial charge in [0.25, 0.3) is 5.91 Å². The summed E-state index contributed by atoms with van der Waals surface area (Å²) in [4.78, 5) is 12.4. The van der Waals surface area contributed by atoms with Crippen molar-refractivity contribution in [2.45, 2.75) is 19.6 Å². The maximum Gasteiger partial charge on any atom is 0.255 e. The normalized spacial score (nSPS) is 11.6. The van der Waals surface area contributed by atoms with Crippen LogP contribution < -0.4 is 10.1 Å². The van der Waals surface area contributed by atoms with Crippen molar-refractivity contribution < 1.29 is 14.6 Å². The highest BCUT2D eigenvalue weighted by atomic mass is 16.5. The molecular formula is C22H21NO3. The number of carbonyl (C=O) groups is 1. The second-order valence-corrected chi connectivity index (χ2v) is 6.05. The lowest BCUT2D eigenvalue weighted by atomic mass is 10.1. The van der Waals surface area contributed by atoms with Crippen LogP contribution in [-0.4, -0.2) is 11.0 Å². The molecule has 1 unspecified atom stereocenters. The van der Waals surface area contributed by atoms with Crippen LogP contribution in [0.3, 0.4) is 0 Å². The number of aliphatic hydroxyl groups is 1. The van der Waals surface area contributed by atoms with Gasteiger partial charge in [0.05, 0.1) is 6.10 Å². The van der Waals surface area contributed by atoms with Gasteiger partial charge in [0, 0.05) is 11.3 Å². The van der Waals surface area contributed by atoms with Gasteiger partial charge in [0.15, 0.2) is 0 Å². The SMILES string of the molecule is CC(O)c1cccc(NC(=O)c2ccc(OCc3ccccc3)cc2)c1. The molecule has 1 atom stereocenters. The van der Waals surface area contributed by atoms with Gasteiger partial charge in [-0.25, -0.2) is 0 Å². The Morgan fingerprint density at radius 2 is 1.73 bits per heavy atom. The maximum atomic E-state index is 12.4. The molecule has 26 heavy (non-hydrogen) atoms. The monoisotopic (exact) mass is 347 g/mol. The van der Waals surface area contributed by atoms with E-state index in [2.05, 4.69) is 5.32 Å². The topological polar surface area (TPSA) is 58.6 Å². The summed E-state index contributed by atoms with van der Waals surface area (Å²) in [7, 11) is 0. The number of carbonyl (C=O) groups excluding carboxylic acids is 1. The van der Waals surface area contributed by atoms with Gasteiger partial charge in [0.1, 0.15) is 12.4 Å². The van der Waals surface area contributed by atoms with E-state index in [1.54, 1.807) is 49.4 Å². The Morgan fingerprint density at radius 1 is 1.00 bits per heavy atom. The molecule has 0 aliphatic heterocycles. The molecule has 3 aromatic rings. The summed E-state index contributed by atoms with van der Waals surface area (Å²) >= 11 is 0. The highest BCUT2D eigenvalue weighted by Gasteiger charge is 2.08. The average molecular weight is 347 g/mol. The molecule has 0 bridgehead atoms.